The van der Waals surface area contributed by atoms with Gasteiger partial charge in [-0.1, -0.05) is 42.2 Å². The number of thioether (sulfide) groups is 1. The van der Waals surface area contributed by atoms with Gasteiger partial charge in [0, 0.05) is 18.7 Å². The molecule has 1 saturated heterocycles. The van der Waals surface area contributed by atoms with Gasteiger partial charge in [-0.25, -0.2) is 0 Å². The molecule has 7 nitrogen and oxygen atoms in total. The summed E-state index contributed by atoms with van der Waals surface area (Å²) in [5, 5.41) is 10.6. The minimum absolute atomic E-state index is 0.0154. The fourth-order valence-corrected chi connectivity index (χ4v) is 3.86. The predicted octanol–water partition coefficient (Wildman–Crippen LogP) is 4.44. The number of rotatable bonds is 9. The van der Waals surface area contributed by atoms with Crippen molar-refractivity contribution in [3.63, 3.8) is 0 Å². The van der Waals surface area contributed by atoms with Crippen molar-refractivity contribution in [1.82, 2.24) is 4.90 Å². The molecule has 0 aliphatic carbocycles. The maximum Gasteiger partial charge on any atom is 0.269 e. The van der Waals surface area contributed by atoms with Crippen molar-refractivity contribution in [1.29, 1.82) is 0 Å². The van der Waals surface area contributed by atoms with E-state index < -0.39 is 4.92 Å². The number of nitro groups is 1. The van der Waals surface area contributed by atoms with Crippen molar-refractivity contribution in [3.8, 4) is 11.5 Å². The van der Waals surface area contributed by atoms with Gasteiger partial charge in [0.05, 0.1) is 9.83 Å². The minimum Gasteiger partial charge on any atom is -0.490 e. The predicted molar refractivity (Wildman–Crippen MR) is 121 cm³/mol. The zero-order chi connectivity index (χ0) is 21.5. The summed E-state index contributed by atoms with van der Waals surface area (Å²) in [6.45, 7) is 4.65. The SMILES string of the molecule is C=CCN1C(=O)C(=Cc2ccc(OCCOc3ccc([N+](=O)[O-])cc3)cc2)SC1=S. The Labute approximate surface area is 183 Å². The third-order valence-electron chi connectivity index (χ3n) is 4.03. The highest BCUT2D eigenvalue weighted by Crippen LogP contribution is 2.32. The second-order valence-electron chi connectivity index (χ2n) is 6.10. The fourth-order valence-electron chi connectivity index (χ4n) is 2.58. The summed E-state index contributed by atoms with van der Waals surface area (Å²) in [4.78, 5) is 24.6. The van der Waals surface area contributed by atoms with Crippen molar-refractivity contribution in [2.45, 2.75) is 0 Å². The quantitative estimate of drug-likeness (QED) is 0.142. The van der Waals surface area contributed by atoms with Gasteiger partial charge in [0.1, 0.15) is 29.0 Å². The standard InChI is InChI=1S/C21H18N2O5S2/c1-2-11-22-20(24)19(30-21(22)29)14-15-3-7-17(8-4-15)27-12-13-28-18-9-5-16(6-10-18)23(25)26/h2-10,14H,1,11-13H2. The minimum atomic E-state index is -0.459. The number of carbonyl (C=O) groups excluding carboxylic acids is 1. The molecule has 0 radical (unpaired) electrons. The van der Waals surface area contributed by atoms with E-state index in [1.54, 1.807) is 24.3 Å². The van der Waals surface area contributed by atoms with E-state index in [1.807, 2.05) is 24.3 Å². The van der Waals surface area contributed by atoms with Crippen molar-refractivity contribution in [2.75, 3.05) is 19.8 Å². The van der Waals surface area contributed by atoms with Crippen molar-refractivity contribution in [2.24, 2.45) is 0 Å². The molecule has 0 aromatic heterocycles. The third-order valence-corrected chi connectivity index (χ3v) is 5.41. The highest BCUT2D eigenvalue weighted by atomic mass is 32.2. The van der Waals surface area contributed by atoms with Gasteiger partial charge in [0.2, 0.25) is 0 Å². The first-order valence-corrected chi connectivity index (χ1v) is 10.2. The van der Waals surface area contributed by atoms with Crippen LogP contribution in [0.3, 0.4) is 0 Å². The first-order valence-electron chi connectivity index (χ1n) is 8.94. The van der Waals surface area contributed by atoms with Gasteiger partial charge in [0.25, 0.3) is 11.6 Å². The molecule has 1 amide bonds. The first-order chi connectivity index (χ1) is 14.5. The zero-order valence-electron chi connectivity index (χ0n) is 15.9. The molecule has 9 heteroatoms. The summed E-state index contributed by atoms with van der Waals surface area (Å²) >= 11 is 6.50. The Bertz CT molecular complexity index is 987. The molecule has 1 fully saturated rings. The van der Waals surface area contributed by atoms with Crippen LogP contribution in [0.4, 0.5) is 5.69 Å². The Morgan fingerprint density at radius 3 is 2.17 bits per heavy atom. The number of thiocarbonyl (C=S) groups is 1. The Hall–Kier alpha value is -3.17. The smallest absolute Gasteiger partial charge is 0.269 e. The van der Waals surface area contributed by atoms with Crippen molar-refractivity contribution in [3.05, 3.63) is 81.8 Å². The van der Waals surface area contributed by atoms with Gasteiger partial charge < -0.3 is 9.47 Å². The summed E-state index contributed by atoms with van der Waals surface area (Å²) < 4.78 is 11.7. The van der Waals surface area contributed by atoms with E-state index in [2.05, 4.69) is 6.58 Å². The molecule has 0 bridgehead atoms. The van der Waals surface area contributed by atoms with E-state index in [-0.39, 0.29) is 11.6 Å². The third kappa shape index (κ3) is 5.46. The first kappa shape index (κ1) is 21.5. The number of carbonyl (C=O) groups is 1. The lowest BCUT2D eigenvalue weighted by molar-refractivity contribution is -0.384. The van der Waals surface area contributed by atoms with E-state index >= 15 is 0 Å². The molecule has 0 N–H and O–H groups in total. The molecule has 1 heterocycles. The number of hydrogen-bond donors (Lipinski definition) is 0. The number of non-ortho nitro benzene ring substituents is 1. The molecule has 0 unspecified atom stereocenters. The monoisotopic (exact) mass is 442 g/mol. The Balaban J connectivity index is 1.49. The number of nitrogens with zero attached hydrogens (tertiary/aromatic N) is 2. The second-order valence-corrected chi connectivity index (χ2v) is 7.77. The van der Waals surface area contributed by atoms with E-state index in [4.69, 9.17) is 21.7 Å². The van der Waals surface area contributed by atoms with Crippen LogP contribution in [0.1, 0.15) is 5.56 Å². The number of ether oxygens (including phenoxy) is 2. The van der Waals surface area contributed by atoms with Gasteiger partial charge in [-0.05, 0) is 35.9 Å². The lowest BCUT2D eigenvalue weighted by Crippen LogP contribution is -2.27. The molecular weight excluding hydrogens is 424 g/mol. The number of amides is 1. The van der Waals surface area contributed by atoms with Gasteiger partial charge in [-0.3, -0.25) is 19.8 Å². The second kappa shape index (κ2) is 10.0. The number of benzene rings is 2. The van der Waals surface area contributed by atoms with Crippen molar-refractivity contribution < 1.29 is 19.2 Å². The number of hydrogen-bond acceptors (Lipinski definition) is 7. The van der Waals surface area contributed by atoms with Gasteiger partial charge >= 0.3 is 0 Å². The Kier molecular flexibility index (Phi) is 7.21. The largest absolute Gasteiger partial charge is 0.490 e. The van der Waals surface area contributed by atoms with Gasteiger partial charge in [0.15, 0.2) is 0 Å². The summed E-state index contributed by atoms with van der Waals surface area (Å²) in [6, 6.07) is 13.2. The summed E-state index contributed by atoms with van der Waals surface area (Å²) in [6.07, 6.45) is 3.44. The fraction of sp³-hybridized carbons (Fsp3) is 0.143. The molecule has 154 valence electrons. The number of nitro benzene ring substituents is 1. The highest BCUT2D eigenvalue weighted by Gasteiger charge is 2.30. The van der Waals surface area contributed by atoms with Crippen LogP contribution in [0.2, 0.25) is 0 Å². The summed E-state index contributed by atoms with van der Waals surface area (Å²) in [5.74, 6) is 1.08. The van der Waals surface area contributed by atoms with E-state index in [1.165, 1.54) is 28.8 Å². The normalized spacial score (nSPS) is 14.8. The summed E-state index contributed by atoms with van der Waals surface area (Å²) in [7, 11) is 0. The maximum absolute atomic E-state index is 12.4. The lowest BCUT2D eigenvalue weighted by Gasteiger charge is -2.10. The molecular formula is C21H18N2O5S2. The van der Waals surface area contributed by atoms with Crippen LogP contribution in [0.5, 0.6) is 11.5 Å². The Morgan fingerprint density at radius 1 is 1.07 bits per heavy atom. The van der Waals surface area contributed by atoms with Crippen molar-refractivity contribution >= 4 is 46.0 Å². The molecule has 3 rings (SSSR count). The molecule has 0 atom stereocenters. The average Bonchev–Trinajstić information content (AvgIpc) is 3.00. The topological polar surface area (TPSA) is 81.9 Å². The Morgan fingerprint density at radius 2 is 1.63 bits per heavy atom. The van der Waals surface area contributed by atoms with Crippen LogP contribution in [0.25, 0.3) is 6.08 Å². The summed E-state index contributed by atoms with van der Waals surface area (Å²) in [5.41, 5.74) is 0.880. The molecule has 1 aliphatic heterocycles. The molecule has 30 heavy (non-hydrogen) atoms. The zero-order valence-corrected chi connectivity index (χ0v) is 17.5. The van der Waals surface area contributed by atoms with Crippen LogP contribution in [-0.2, 0) is 4.79 Å². The molecule has 0 spiro atoms. The lowest BCUT2D eigenvalue weighted by atomic mass is 10.2. The van der Waals surface area contributed by atoms with Gasteiger partial charge in [-0.15, -0.1) is 6.58 Å². The van der Waals surface area contributed by atoms with Crippen LogP contribution < -0.4 is 9.47 Å². The molecule has 2 aromatic carbocycles. The highest BCUT2D eigenvalue weighted by molar-refractivity contribution is 8.26. The van der Waals surface area contributed by atoms with Crippen LogP contribution in [-0.4, -0.2) is 39.8 Å². The van der Waals surface area contributed by atoms with Gasteiger partial charge in [-0.2, -0.15) is 0 Å². The van der Waals surface area contributed by atoms with E-state index in [0.717, 1.165) is 5.56 Å². The van der Waals surface area contributed by atoms with E-state index in [0.29, 0.717) is 40.5 Å². The molecule has 0 saturated carbocycles. The van der Waals surface area contributed by atoms with E-state index in [9.17, 15) is 14.9 Å². The maximum atomic E-state index is 12.4. The van der Waals surface area contributed by atoms with Crippen LogP contribution in [0, 0.1) is 10.1 Å². The van der Waals surface area contributed by atoms with Crippen LogP contribution in [0.15, 0.2) is 66.1 Å². The molecule has 1 aliphatic rings. The average molecular weight is 443 g/mol. The molecule has 2 aromatic rings. The van der Waals surface area contributed by atoms with Crippen LogP contribution >= 0.6 is 24.0 Å².